The number of benzene rings is 1. The molecule has 0 aliphatic carbocycles. The Labute approximate surface area is 96.7 Å². The molecule has 1 unspecified atom stereocenters. The topological polar surface area (TPSA) is 39.1 Å². The Morgan fingerprint density at radius 3 is 2.75 bits per heavy atom. The van der Waals surface area contributed by atoms with Gasteiger partial charge in [0.05, 0.1) is 12.5 Å². The summed E-state index contributed by atoms with van der Waals surface area (Å²) < 4.78 is 0. The van der Waals surface area contributed by atoms with Crippen LogP contribution in [0.2, 0.25) is 0 Å². The standard InChI is InChI=1S/C13H17N3/c1-16-9-7-13(10-16)15-12-4-2-11(3-5-12)6-8-14/h2-5,13,15H,6-7,9-10H2,1H3. The summed E-state index contributed by atoms with van der Waals surface area (Å²) in [6.07, 6.45) is 1.70. The van der Waals surface area contributed by atoms with Crippen molar-refractivity contribution in [2.45, 2.75) is 18.9 Å². The lowest BCUT2D eigenvalue weighted by Crippen LogP contribution is -2.23. The molecule has 0 spiro atoms. The Balaban J connectivity index is 1.92. The van der Waals surface area contributed by atoms with E-state index in [-0.39, 0.29) is 0 Å². The van der Waals surface area contributed by atoms with E-state index in [1.165, 1.54) is 13.0 Å². The van der Waals surface area contributed by atoms with Gasteiger partial charge in [0.15, 0.2) is 0 Å². The smallest absolute Gasteiger partial charge is 0.0669 e. The second kappa shape index (κ2) is 5.00. The van der Waals surface area contributed by atoms with E-state index in [4.69, 9.17) is 5.26 Å². The Hall–Kier alpha value is -1.53. The number of nitriles is 1. The number of rotatable bonds is 3. The molecule has 84 valence electrons. The highest BCUT2D eigenvalue weighted by atomic mass is 15.2. The first-order valence-corrected chi connectivity index (χ1v) is 5.69. The Bertz CT molecular complexity index is 377. The van der Waals surface area contributed by atoms with Gasteiger partial charge in [-0.3, -0.25) is 0 Å². The second-order valence-corrected chi connectivity index (χ2v) is 4.42. The zero-order chi connectivity index (χ0) is 11.4. The van der Waals surface area contributed by atoms with Crippen molar-refractivity contribution in [3.63, 3.8) is 0 Å². The van der Waals surface area contributed by atoms with Gasteiger partial charge in [0.2, 0.25) is 0 Å². The molecular formula is C13H17N3. The zero-order valence-corrected chi connectivity index (χ0v) is 9.61. The maximum absolute atomic E-state index is 8.58. The van der Waals surface area contributed by atoms with E-state index in [0.717, 1.165) is 17.8 Å². The third kappa shape index (κ3) is 2.74. The van der Waals surface area contributed by atoms with E-state index >= 15 is 0 Å². The minimum absolute atomic E-state index is 0.493. The summed E-state index contributed by atoms with van der Waals surface area (Å²) >= 11 is 0. The molecule has 0 saturated carbocycles. The predicted molar refractivity (Wildman–Crippen MR) is 65.3 cm³/mol. The number of anilines is 1. The maximum atomic E-state index is 8.58. The molecule has 1 saturated heterocycles. The van der Waals surface area contributed by atoms with E-state index in [2.05, 4.69) is 35.5 Å². The van der Waals surface area contributed by atoms with Gasteiger partial charge < -0.3 is 10.2 Å². The minimum atomic E-state index is 0.493. The van der Waals surface area contributed by atoms with Gasteiger partial charge in [-0.05, 0) is 37.7 Å². The van der Waals surface area contributed by atoms with E-state index < -0.39 is 0 Å². The first-order chi connectivity index (χ1) is 7.78. The summed E-state index contributed by atoms with van der Waals surface area (Å²) in [5.74, 6) is 0. The molecule has 1 atom stereocenters. The van der Waals surface area contributed by atoms with Crippen molar-refractivity contribution in [3.8, 4) is 6.07 Å². The van der Waals surface area contributed by atoms with Gasteiger partial charge in [0, 0.05) is 18.3 Å². The minimum Gasteiger partial charge on any atom is -0.381 e. The van der Waals surface area contributed by atoms with Crippen LogP contribution >= 0.6 is 0 Å². The highest BCUT2D eigenvalue weighted by Gasteiger charge is 2.18. The molecule has 16 heavy (non-hydrogen) atoms. The normalized spacial score (nSPS) is 20.6. The van der Waals surface area contributed by atoms with Crippen LogP contribution in [0.4, 0.5) is 5.69 Å². The lowest BCUT2D eigenvalue weighted by atomic mass is 10.1. The summed E-state index contributed by atoms with van der Waals surface area (Å²) in [5.41, 5.74) is 2.23. The van der Waals surface area contributed by atoms with Crippen LogP contribution in [0, 0.1) is 11.3 Å². The van der Waals surface area contributed by atoms with Gasteiger partial charge in [0.25, 0.3) is 0 Å². The van der Waals surface area contributed by atoms with Crippen LogP contribution in [0.5, 0.6) is 0 Å². The molecule has 2 rings (SSSR count). The molecule has 3 heteroatoms. The average Bonchev–Trinajstić information content (AvgIpc) is 2.67. The number of hydrogen-bond acceptors (Lipinski definition) is 3. The third-order valence-electron chi connectivity index (χ3n) is 3.00. The fourth-order valence-electron chi connectivity index (χ4n) is 2.10. The number of likely N-dealkylation sites (N-methyl/N-ethyl adjacent to an activating group) is 1. The molecule has 1 fully saturated rings. The van der Waals surface area contributed by atoms with E-state index in [1.807, 2.05) is 12.1 Å². The van der Waals surface area contributed by atoms with E-state index in [0.29, 0.717) is 12.5 Å². The fourth-order valence-corrected chi connectivity index (χ4v) is 2.10. The van der Waals surface area contributed by atoms with Crippen LogP contribution < -0.4 is 5.32 Å². The van der Waals surface area contributed by atoms with Crippen LogP contribution in [0.15, 0.2) is 24.3 Å². The Morgan fingerprint density at radius 1 is 1.44 bits per heavy atom. The highest BCUT2D eigenvalue weighted by Crippen LogP contribution is 2.15. The molecule has 1 aromatic carbocycles. The third-order valence-corrected chi connectivity index (χ3v) is 3.00. The molecule has 3 nitrogen and oxygen atoms in total. The highest BCUT2D eigenvalue weighted by molar-refractivity contribution is 5.46. The van der Waals surface area contributed by atoms with Crippen LogP contribution in [-0.4, -0.2) is 31.1 Å². The van der Waals surface area contributed by atoms with Gasteiger partial charge in [-0.25, -0.2) is 0 Å². The van der Waals surface area contributed by atoms with Crippen molar-refractivity contribution in [1.29, 1.82) is 5.26 Å². The van der Waals surface area contributed by atoms with Crippen molar-refractivity contribution >= 4 is 5.69 Å². The fraction of sp³-hybridized carbons (Fsp3) is 0.462. The quantitative estimate of drug-likeness (QED) is 0.836. The van der Waals surface area contributed by atoms with Crippen molar-refractivity contribution in [1.82, 2.24) is 4.90 Å². The summed E-state index contributed by atoms with van der Waals surface area (Å²) in [6, 6.07) is 10.9. The molecule has 1 heterocycles. The number of likely N-dealkylation sites (tertiary alicyclic amines) is 1. The molecular weight excluding hydrogens is 198 g/mol. The van der Waals surface area contributed by atoms with Crippen molar-refractivity contribution in [2.75, 3.05) is 25.5 Å². The van der Waals surface area contributed by atoms with Gasteiger partial charge in [-0.2, -0.15) is 5.26 Å². The van der Waals surface area contributed by atoms with Crippen LogP contribution in [0.25, 0.3) is 0 Å². The van der Waals surface area contributed by atoms with Crippen molar-refractivity contribution < 1.29 is 0 Å². The number of nitrogens with zero attached hydrogens (tertiary/aromatic N) is 2. The van der Waals surface area contributed by atoms with Gasteiger partial charge >= 0.3 is 0 Å². The van der Waals surface area contributed by atoms with Crippen LogP contribution in [-0.2, 0) is 6.42 Å². The van der Waals surface area contributed by atoms with Gasteiger partial charge in [-0.1, -0.05) is 12.1 Å². The number of nitrogens with one attached hydrogen (secondary N) is 1. The molecule has 0 amide bonds. The van der Waals surface area contributed by atoms with Crippen molar-refractivity contribution in [2.24, 2.45) is 0 Å². The first-order valence-electron chi connectivity index (χ1n) is 5.69. The molecule has 1 aliphatic rings. The maximum Gasteiger partial charge on any atom is 0.0669 e. The first kappa shape index (κ1) is 11.0. The lowest BCUT2D eigenvalue weighted by Gasteiger charge is -2.14. The molecule has 1 aromatic rings. The molecule has 0 radical (unpaired) electrons. The SMILES string of the molecule is CN1CCC(Nc2ccc(CC#N)cc2)C1. The summed E-state index contributed by atoms with van der Waals surface area (Å²) in [6.45, 7) is 2.28. The summed E-state index contributed by atoms with van der Waals surface area (Å²) in [7, 11) is 2.15. The van der Waals surface area contributed by atoms with Gasteiger partial charge in [-0.15, -0.1) is 0 Å². The molecule has 1 N–H and O–H groups in total. The van der Waals surface area contributed by atoms with Crippen molar-refractivity contribution in [3.05, 3.63) is 29.8 Å². The van der Waals surface area contributed by atoms with E-state index in [1.54, 1.807) is 0 Å². The van der Waals surface area contributed by atoms with Crippen LogP contribution in [0.3, 0.4) is 0 Å². The largest absolute Gasteiger partial charge is 0.381 e. The average molecular weight is 215 g/mol. The van der Waals surface area contributed by atoms with Crippen LogP contribution in [0.1, 0.15) is 12.0 Å². The second-order valence-electron chi connectivity index (χ2n) is 4.42. The van der Waals surface area contributed by atoms with E-state index in [9.17, 15) is 0 Å². The molecule has 0 aromatic heterocycles. The zero-order valence-electron chi connectivity index (χ0n) is 9.61. The molecule has 0 bridgehead atoms. The Morgan fingerprint density at radius 2 is 2.19 bits per heavy atom. The molecule has 1 aliphatic heterocycles. The number of hydrogen-bond donors (Lipinski definition) is 1. The summed E-state index contributed by atoms with van der Waals surface area (Å²) in [5, 5.41) is 12.1. The van der Waals surface area contributed by atoms with Gasteiger partial charge in [0.1, 0.15) is 0 Å². The Kier molecular flexibility index (Phi) is 3.43. The monoisotopic (exact) mass is 215 g/mol. The lowest BCUT2D eigenvalue weighted by molar-refractivity contribution is 0.414. The predicted octanol–water partition coefficient (Wildman–Crippen LogP) is 1.87. The summed E-state index contributed by atoms with van der Waals surface area (Å²) in [4.78, 5) is 2.34.